The van der Waals surface area contributed by atoms with Crippen LogP contribution in [-0.4, -0.2) is 27.9 Å². The number of aromatic nitrogens is 2. The molecule has 3 rings (SSSR count). The van der Waals surface area contributed by atoms with E-state index in [0.717, 1.165) is 16.0 Å². The Balaban J connectivity index is 1.97. The van der Waals surface area contributed by atoms with E-state index >= 15 is 0 Å². The normalized spacial score (nSPS) is 21.3. The summed E-state index contributed by atoms with van der Waals surface area (Å²) in [5.74, 6) is -0.302. The Morgan fingerprint density at radius 1 is 1.56 bits per heavy atom. The summed E-state index contributed by atoms with van der Waals surface area (Å²) in [7, 11) is 0. The Kier molecular flexibility index (Phi) is 4.77. The Bertz CT molecular complexity index is 741. The van der Waals surface area contributed by atoms with Gasteiger partial charge in [-0.05, 0) is 24.8 Å². The number of hydrogen-bond donors (Lipinski definition) is 2. The number of carbonyl (C=O) groups is 1. The van der Waals surface area contributed by atoms with Crippen molar-refractivity contribution in [3.63, 3.8) is 0 Å². The van der Waals surface area contributed by atoms with Gasteiger partial charge in [-0.2, -0.15) is 18.3 Å². The van der Waals surface area contributed by atoms with E-state index in [2.05, 4.69) is 15.7 Å². The number of fused-ring (bicyclic) bond motifs is 1. The van der Waals surface area contributed by atoms with Gasteiger partial charge in [0, 0.05) is 17.3 Å². The van der Waals surface area contributed by atoms with Crippen LogP contribution in [0, 0.1) is 0 Å². The lowest BCUT2D eigenvalue weighted by atomic mass is 10.0. The predicted octanol–water partition coefficient (Wildman–Crippen LogP) is 4.13. The monoisotopic (exact) mass is 372 g/mol. The fraction of sp³-hybridized carbons (Fsp3) is 0.500. The zero-order valence-electron chi connectivity index (χ0n) is 13.8. The molecule has 25 heavy (non-hydrogen) atoms. The first kappa shape index (κ1) is 17.8. The van der Waals surface area contributed by atoms with Gasteiger partial charge < -0.3 is 10.6 Å². The van der Waals surface area contributed by atoms with E-state index in [1.807, 2.05) is 19.2 Å². The Morgan fingerprint density at radius 2 is 2.32 bits per heavy atom. The summed E-state index contributed by atoms with van der Waals surface area (Å²) in [6, 6.07) is 1.25. The first-order valence-electron chi connectivity index (χ1n) is 8.06. The predicted molar refractivity (Wildman–Crippen MR) is 89.8 cm³/mol. The van der Waals surface area contributed by atoms with Crippen LogP contribution in [0.4, 0.5) is 19.0 Å². The first-order valence-corrected chi connectivity index (χ1v) is 8.94. The minimum atomic E-state index is -4.44. The fourth-order valence-electron chi connectivity index (χ4n) is 2.81. The Morgan fingerprint density at radius 3 is 2.92 bits per heavy atom. The van der Waals surface area contributed by atoms with Gasteiger partial charge >= 0.3 is 6.18 Å². The number of hydrogen-bond acceptors (Lipinski definition) is 4. The molecule has 0 aromatic carbocycles. The maximum absolute atomic E-state index is 13.5. The van der Waals surface area contributed by atoms with E-state index < -0.39 is 24.2 Å². The van der Waals surface area contributed by atoms with E-state index in [1.54, 1.807) is 12.1 Å². The molecule has 0 saturated carbocycles. The SMILES string of the molecule is CC[C@@H](C)NC(=O)c1cnn2c1N[C@H](c1cccs1)C[C@@H]2C(F)(F)F. The summed E-state index contributed by atoms with van der Waals surface area (Å²) in [5, 5.41) is 11.5. The molecule has 0 radical (unpaired) electrons. The quantitative estimate of drug-likeness (QED) is 0.848. The molecule has 2 aromatic heterocycles. The number of amides is 1. The summed E-state index contributed by atoms with van der Waals surface area (Å²) in [6.45, 7) is 3.76. The lowest BCUT2D eigenvalue weighted by molar-refractivity contribution is -0.173. The van der Waals surface area contributed by atoms with Crippen molar-refractivity contribution in [1.82, 2.24) is 15.1 Å². The van der Waals surface area contributed by atoms with Gasteiger partial charge in [0.25, 0.3) is 5.91 Å². The van der Waals surface area contributed by atoms with Crippen LogP contribution in [0.15, 0.2) is 23.7 Å². The number of anilines is 1. The van der Waals surface area contributed by atoms with Crippen LogP contribution in [0.2, 0.25) is 0 Å². The highest BCUT2D eigenvalue weighted by Crippen LogP contribution is 2.44. The topological polar surface area (TPSA) is 59.0 Å². The van der Waals surface area contributed by atoms with Crippen molar-refractivity contribution in [3.05, 3.63) is 34.2 Å². The number of halogens is 3. The van der Waals surface area contributed by atoms with Gasteiger partial charge in [-0.15, -0.1) is 11.3 Å². The molecule has 1 aliphatic rings. The molecule has 5 nitrogen and oxygen atoms in total. The van der Waals surface area contributed by atoms with Gasteiger partial charge in [-0.3, -0.25) is 4.79 Å². The molecular weight excluding hydrogens is 353 g/mol. The molecule has 0 fully saturated rings. The molecule has 0 saturated heterocycles. The summed E-state index contributed by atoms with van der Waals surface area (Å²) in [5.41, 5.74) is 0.135. The Labute approximate surface area is 147 Å². The zero-order chi connectivity index (χ0) is 18.2. The number of alkyl halides is 3. The minimum absolute atomic E-state index is 0.0712. The lowest BCUT2D eigenvalue weighted by Crippen LogP contribution is -2.37. The van der Waals surface area contributed by atoms with E-state index in [4.69, 9.17) is 0 Å². The van der Waals surface area contributed by atoms with E-state index in [0.29, 0.717) is 0 Å². The molecule has 0 aliphatic carbocycles. The second-order valence-corrected chi connectivity index (χ2v) is 7.12. The maximum atomic E-state index is 13.5. The molecule has 0 unspecified atom stereocenters. The summed E-state index contributed by atoms with van der Waals surface area (Å²) >= 11 is 1.39. The van der Waals surface area contributed by atoms with Crippen molar-refractivity contribution in [3.8, 4) is 0 Å². The van der Waals surface area contributed by atoms with E-state index in [1.165, 1.54) is 17.5 Å². The van der Waals surface area contributed by atoms with Crippen LogP contribution in [0.1, 0.15) is 54.0 Å². The van der Waals surface area contributed by atoms with Crippen molar-refractivity contribution in [2.45, 2.75) is 51.0 Å². The van der Waals surface area contributed by atoms with Crippen LogP contribution in [0.25, 0.3) is 0 Å². The highest BCUT2D eigenvalue weighted by molar-refractivity contribution is 7.10. The van der Waals surface area contributed by atoms with Crippen LogP contribution in [0.3, 0.4) is 0 Å². The van der Waals surface area contributed by atoms with Crippen molar-refractivity contribution in [1.29, 1.82) is 0 Å². The summed E-state index contributed by atoms with van der Waals surface area (Å²) in [6.07, 6.45) is -2.67. The van der Waals surface area contributed by atoms with E-state index in [-0.39, 0.29) is 23.8 Å². The van der Waals surface area contributed by atoms with Crippen LogP contribution in [-0.2, 0) is 0 Å². The third kappa shape index (κ3) is 3.51. The maximum Gasteiger partial charge on any atom is 0.410 e. The third-order valence-electron chi connectivity index (χ3n) is 4.36. The minimum Gasteiger partial charge on any atom is -0.362 e. The van der Waals surface area contributed by atoms with E-state index in [9.17, 15) is 18.0 Å². The lowest BCUT2D eigenvalue weighted by Gasteiger charge is -2.33. The molecule has 1 amide bonds. The highest BCUT2D eigenvalue weighted by atomic mass is 32.1. The van der Waals surface area contributed by atoms with Gasteiger partial charge in [-0.1, -0.05) is 13.0 Å². The van der Waals surface area contributed by atoms with Crippen LogP contribution >= 0.6 is 11.3 Å². The third-order valence-corrected chi connectivity index (χ3v) is 5.35. The molecule has 136 valence electrons. The van der Waals surface area contributed by atoms with Gasteiger partial charge in [0.1, 0.15) is 11.4 Å². The van der Waals surface area contributed by atoms with Gasteiger partial charge in [0.2, 0.25) is 0 Å². The average molecular weight is 372 g/mol. The molecule has 0 spiro atoms. The average Bonchev–Trinajstić information content (AvgIpc) is 3.22. The van der Waals surface area contributed by atoms with Crippen molar-refractivity contribution < 1.29 is 18.0 Å². The number of rotatable bonds is 4. The van der Waals surface area contributed by atoms with Gasteiger partial charge in [0.15, 0.2) is 6.04 Å². The first-order chi connectivity index (χ1) is 11.8. The second kappa shape index (κ2) is 6.70. The van der Waals surface area contributed by atoms with Gasteiger partial charge in [-0.25, -0.2) is 4.68 Å². The molecule has 3 heterocycles. The highest BCUT2D eigenvalue weighted by Gasteiger charge is 2.47. The van der Waals surface area contributed by atoms with Crippen molar-refractivity contribution >= 4 is 23.1 Å². The number of carbonyl (C=O) groups excluding carboxylic acids is 1. The molecule has 9 heteroatoms. The fourth-order valence-corrected chi connectivity index (χ4v) is 3.60. The smallest absolute Gasteiger partial charge is 0.362 e. The van der Waals surface area contributed by atoms with Crippen LogP contribution < -0.4 is 10.6 Å². The van der Waals surface area contributed by atoms with Crippen molar-refractivity contribution in [2.75, 3.05) is 5.32 Å². The Hall–Kier alpha value is -2.03. The van der Waals surface area contributed by atoms with Crippen LogP contribution in [0.5, 0.6) is 0 Å². The number of nitrogens with zero attached hydrogens (tertiary/aromatic N) is 2. The molecule has 2 N–H and O–H groups in total. The number of nitrogens with one attached hydrogen (secondary N) is 2. The molecule has 2 aromatic rings. The molecule has 1 aliphatic heterocycles. The number of thiophene rings is 1. The second-order valence-electron chi connectivity index (χ2n) is 6.14. The molecule has 3 atom stereocenters. The molecule has 0 bridgehead atoms. The largest absolute Gasteiger partial charge is 0.410 e. The standard InChI is InChI=1S/C16H19F3N4OS/c1-3-9(2)21-15(24)10-8-20-23-13(16(17,18)19)7-11(22-14(10)23)12-5-4-6-25-12/h4-6,8-9,11,13,22H,3,7H2,1-2H3,(H,21,24)/t9-,11+,13-/m1/s1. The van der Waals surface area contributed by atoms with Gasteiger partial charge in [0.05, 0.1) is 12.2 Å². The van der Waals surface area contributed by atoms with Crippen molar-refractivity contribution in [2.24, 2.45) is 0 Å². The summed E-state index contributed by atoms with van der Waals surface area (Å²) in [4.78, 5) is 13.2. The summed E-state index contributed by atoms with van der Waals surface area (Å²) < 4.78 is 41.5. The molecular formula is C16H19F3N4OS. The zero-order valence-corrected chi connectivity index (χ0v) is 14.6.